The Morgan fingerprint density at radius 2 is 2.22 bits per heavy atom. The molecular weight excluding hydrogens is 257 g/mol. The number of rotatable bonds is 4. The van der Waals surface area contributed by atoms with Gasteiger partial charge in [-0.1, -0.05) is 25.4 Å². The molecule has 0 bridgehead atoms. The van der Waals surface area contributed by atoms with Gasteiger partial charge in [0, 0.05) is 12.1 Å². The van der Waals surface area contributed by atoms with Gasteiger partial charge in [-0.25, -0.2) is 4.39 Å². The van der Waals surface area contributed by atoms with E-state index in [1.54, 1.807) is 6.07 Å². The first-order chi connectivity index (χ1) is 8.58. The summed E-state index contributed by atoms with van der Waals surface area (Å²) in [7, 11) is 0. The third-order valence-corrected chi connectivity index (χ3v) is 2.66. The molecule has 0 unspecified atom stereocenters. The van der Waals surface area contributed by atoms with Gasteiger partial charge in [-0.05, 0) is 22.6 Å². The van der Waals surface area contributed by atoms with Crippen molar-refractivity contribution in [2.24, 2.45) is 0 Å². The fourth-order valence-electron chi connectivity index (χ4n) is 1.43. The highest BCUT2D eigenvalue weighted by Crippen LogP contribution is 2.18. The van der Waals surface area contributed by atoms with Gasteiger partial charge in [0.15, 0.2) is 5.82 Å². The van der Waals surface area contributed by atoms with Gasteiger partial charge < -0.3 is 5.32 Å². The van der Waals surface area contributed by atoms with Crippen LogP contribution in [0.2, 0.25) is 5.02 Å². The summed E-state index contributed by atoms with van der Waals surface area (Å²) in [4.78, 5) is 0. The van der Waals surface area contributed by atoms with Crippen molar-refractivity contribution < 1.29 is 4.39 Å². The summed E-state index contributed by atoms with van der Waals surface area (Å²) >= 11 is 5.64. The Bertz CT molecular complexity index is 540. The standard InChI is InChI=1S/C11H13ClFN5/c1-7(2)14-6-11-15-16-17-18(11)8-3-4-9(12)10(13)5-8/h3-5,7,14H,6H2,1-2H3. The van der Waals surface area contributed by atoms with Crippen LogP contribution in [0.1, 0.15) is 19.7 Å². The highest BCUT2D eigenvalue weighted by atomic mass is 35.5. The van der Waals surface area contributed by atoms with Gasteiger partial charge in [0.1, 0.15) is 5.82 Å². The van der Waals surface area contributed by atoms with E-state index in [1.165, 1.54) is 16.8 Å². The van der Waals surface area contributed by atoms with Gasteiger partial charge in [0.25, 0.3) is 0 Å². The highest BCUT2D eigenvalue weighted by molar-refractivity contribution is 6.30. The lowest BCUT2D eigenvalue weighted by molar-refractivity contribution is 0.562. The number of benzene rings is 1. The summed E-state index contributed by atoms with van der Waals surface area (Å²) in [5, 5.41) is 14.6. The van der Waals surface area contributed by atoms with Gasteiger partial charge in [0.2, 0.25) is 0 Å². The summed E-state index contributed by atoms with van der Waals surface area (Å²) in [6, 6.07) is 4.77. The largest absolute Gasteiger partial charge is 0.308 e. The fraction of sp³-hybridized carbons (Fsp3) is 0.364. The average Bonchev–Trinajstić information content (AvgIpc) is 2.78. The molecule has 0 aliphatic heterocycles. The van der Waals surface area contributed by atoms with Crippen molar-refractivity contribution in [2.75, 3.05) is 0 Å². The second-order valence-corrected chi connectivity index (χ2v) is 4.55. The van der Waals surface area contributed by atoms with Crippen LogP contribution in [-0.2, 0) is 6.54 Å². The Hall–Kier alpha value is -1.53. The van der Waals surface area contributed by atoms with Gasteiger partial charge in [-0.3, -0.25) is 0 Å². The Kier molecular flexibility index (Phi) is 3.88. The molecule has 2 rings (SSSR count). The van der Waals surface area contributed by atoms with Crippen LogP contribution in [0, 0.1) is 5.82 Å². The summed E-state index contributed by atoms with van der Waals surface area (Å²) in [6.07, 6.45) is 0. The van der Waals surface area contributed by atoms with Gasteiger partial charge in [-0.2, -0.15) is 4.68 Å². The topological polar surface area (TPSA) is 55.6 Å². The molecule has 0 amide bonds. The molecule has 1 N–H and O–H groups in total. The van der Waals surface area contributed by atoms with Crippen LogP contribution >= 0.6 is 11.6 Å². The molecule has 1 aromatic carbocycles. The smallest absolute Gasteiger partial charge is 0.170 e. The summed E-state index contributed by atoms with van der Waals surface area (Å²) in [5.41, 5.74) is 0.544. The molecule has 0 aliphatic carbocycles. The number of aromatic nitrogens is 4. The maximum Gasteiger partial charge on any atom is 0.170 e. The first kappa shape index (κ1) is 12.9. The number of nitrogens with zero attached hydrogens (tertiary/aromatic N) is 4. The molecule has 0 radical (unpaired) electrons. The third kappa shape index (κ3) is 2.83. The number of nitrogens with one attached hydrogen (secondary N) is 1. The van der Waals surface area contributed by atoms with Gasteiger partial charge in [0.05, 0.1) is 17.3 Å². The molecule has 2 aromatic rings. The van der Waals surface area contributed by atoms with Crippen molar-refractivity contribution in [3.8, 4) is 5.69 Å². The van der Waals surface area contributed by atoms with Crippen LogP contribution < -0.4 is 5.32 Å². The molecular formula is C11H13ClFN5. The first-order valence-corrected chi connectivity index (χ1v) is 5.92. The monoisotopic (exact) mass is 269 g/mol. The third-order valence-electron chi connectivity index (χ3n) is 2.35. The molecule has 1 aromatic heterocycles. The molecule has 0 aliphatic rings. The Morgan fingerprint density at radius 1 is 1.44 bits per heavy atom. The summed E-state index contributed by atoms with van der Waals surface area (Å²) in [6.45, 7) is 4.56. The predicted molar refractivity (Wildman–Crippen MR) is 66.1 cm³/mol. The second-order valence-electron chi connectivity index (χ2n) is 4.14. The normalized spacial score (nSPS) is 11.2. The van der Waals surface area contributed by atoms with E-state index in [0.29, 0.717) is 24.1 Å². The zero-order valence-electron chi connectivity index (χ0n) is 10.1. The Balaban J connectivity index is 2.27. The van der Waals surface area contributed by atoms with E-state index in [0.717, 1.165) is 0 Å². The first-order valence-electron chi connectivity index (χ1n) is 5.54. The zero-order chi connectivity index (χ0) is 13.1. The van der Waals surface area contributed by atoms with Crippen LogP contribution in [-0.4, -0.2) is 26.2 Å². The van der Waals surface area contributed by atoms with Gasteiger partial charge >= 0.3 is 0 Å². The molecule has 1 heterocycles. The van der Waals surface area contributed by atoms with Crippen molar-refractivity contribution in [1.29, 1.82) is 0 Å². The van der Waals surface area contributed by atoms with Crippen LogP contribution in [0.3, 0.4) is 0 Å². The van der Waals surface area contributed by atoms with E-state index in [9.17, 15) is 4.39 Å². The van der Waals surface area contributed by atoms with Crippen molar-refractivity contribution in [2.45, 2.75) is 26.4 Å². The fourth-order valence-corrected chi connectivity index (χ4v) is 1.55. The van der Waals surface area contributed by atoms with Gasteiger partial charge in [-0.15, -0.1) is 5.10 Å². The number of tetrazole rings is 1. The molecule has 0 fully saturated rings. The van der Waals surface area contributed by atoms with Crippen LogP contribution in [0.15, 0.2) is 18.2 Å². The Labute approximate surface area is 109 Å². The summed E-state index contributed by atoms with van der Waals surface area (Å²) < 4.78 is 14.9. The maximum absolute atomic E-state index is 13.4. The average molecular weight is 270 g/mol. The van der Waals surface area contributed by atoms with E-state index in [1.807, 2.05) is 13.8 Å². The minimum absolute atomic E-state index is 0.0775. The second kappa shape index (κ2) is 5.41. The van der Waals surface area contributed by atoms with Crippen LogP contribution in [0.25, 0.3) is 5.69 Å². The van der Waals surface area contributed by atoms with E-state index in [2.05, 4.69) is 20.8 Å². The predicted octanol–water partition coefficient (Wildman–Crippen LogP) is 1.95. The quantitative estimate of drug-likeness (QED) is 0.922. The molecule has 96 valence electrons. The zero-order valence-corrected chi connectivity index (χ0v) is 10.8. The number of halogens is 2. The van der Waals surface area contributed by atoms with E-state index in [-0.39, 0.29) is 5.02 Å². The number of hydrogen-bond donors (Lipinski definition) is 1. The van der Waals surface area contributed by atoms with Crippen molar-refractivity contribution in [3.05, 3.63) is 34.9 Å². The summed E-state index contributed by atoms with van der Waals surface area (Å²) in [5.74, 6) is 0.123. The SMILES string of the molecule is CC(C)NCc1nnnn1-c1ccc(Cl)c(F)c1. The lowest BCUT2D eigenvalue weighted by atomic mass is 10.3. The minimum atomic E-state index is -0.493. The lowest BCUT2D eigenvalue weighted by Crippen LogP contribution is -2.24. The molecule has 5 nitrogen and oxygen atoms in total. The molecule has 0 saturated carbocycles. The lowest BCUT2D eigenvalue weighted by Gasteiger charge is -2.08. The Morgan fingerprint density at radius 3 is 2.89 bits per heavy atom. The van der Waals surface area contributed by atoms with E-state index >= 15 is 0 Å². The van der Waals surface area contributed by atoms with Crippen molar-refractivity contribution in [1.82, 2.24) is 25.5 Å². The molecule has 7 heteroatoms. The highest BCUT2D eigenvalue weighted by Gasteiger charge is 2.10. The molecule has 18 heavy (non-hydrogen) atoms. The molecule has 0 spiro atoms. The van der Waals surface area contributed by atoms with Crippen LogP contribution in [0.5, 0.6) is 0 Å². The minimum Gasteiger partial charge on any atom is -0.308 e. The van der Waals surface area contributed by atoms with Crippen molar-refractivity contribution in [3.63, 3.8) is 0 Å². The van der Waals surface area contributed by atoms with Crippen molar-refractivity contribution >= 4 is 11.6 Å². The van der Waals surface area contributed by atoms with Crippen LogP contribution in [0.4, 0.5) is 4.39 Å². The molecule has 0 atom stereocenters. The maximum atomic E-state index is 13.4. The van der Waals surface area contributed by atoms with E-state index < -0.39 is 5.82 Å². The number of hydrogen-bond acceptors (Lipinski definition) is 4. The molecule has 0 saturated heterocycles. The van der Waals surface area contributed by atoms with E-state index in [4.69, 9.17) is 11.6 Å².